The highest BCUT2D eigenvalue weighted by Crippen LogP contribution is 2.28. The molecule has 8 heteroatoms. The molecule has 2 N–H and O–H groups in total. The molecule has 0 aromatic heterocycles. The van der Waals surface area contributed by atoms with Crippen molar-refractivity contribution in [1.29, 1.82) is 0 Å². The van der Waals surface area contributed by atoms with Crippen molar-refractivity contribution < 1.29 is 24.2 Å². The van der Waals surface area contributed by atoms with Crippen LogP contribution in [0.25, 0.3) is 0 Å². The number of carbonyl (C=O) groups is 3. The van der Waals surface area contributed by atoms with Crippen molar-refractivity contribution in [1.82, 2.24) is 5.32 Å². The Bertz CT molecular complexity index is 576. The van der Waals surface area contributed by atoms with Gasteiger partial charge in [-0.3, -0.25) is 14.4 Å². The Morgan fingerprint density at radius 1 is 1.27 bits per heavy atom. The van der Waals surface area contributed by atoms with Gasteiger partial charge in [-0.2, -0.15) is 0 Å². The van der Waals surface area contributed by atoms with E-state index in [0.29, 0.717) is 15.6 Å². The number of nitrogens with one attached hydrogen (secondary N) is 1. The molecule has 0 aliphatic heterocycles. The Kier molecular flexibility index (Phi) is 7.14. The Morgan fingerprint density at radius 3 is 2.50 bits per heavy atom. The zero-order valence-electron chi connectivity index (χ0n) is 11.8. The second kappa shape index (κ2) is 8.60. The Balaban J connectivity index is 2.90. The standard InChI is InChI=1S/C14H15Cl2NO5/c1-22-14(21)7-11(17-12(18)4-5-13(19)20)9-3-2-8(15)6-10(9)16/h2-3,6,11H,4-5,7H2,1H3,(H,17,18)(H,19,20). The van der Waals surface area contributed by atoms with Crippen LogP contribution >= 0.6 is 23.2 Å². The van der Waals surface area contributed by atoms with Crippen LogP contribution in [0.1, 0.15) is 30.9 Å². The highest BCUT2D eigenvalue weighted by Gasteiger charge is 2.21. The molecule has 0 heterocycles. The van der Waals surface area contributed by atoms with Crippen LogP contribution in [0.2, 0.25) is 10.0 Å². The molecular weight excluding hydrogens is 333 g/mol. The molecule has 0 aliphatic carbocycles. The van der Waals surface area contributed by atoms with E-state index in [0.717, 1.165) is 0 Å². The zero-order chi connectivity index (χ0) is 16.7. The summed E-state index contributed by atoms with van der Waals surface area (Å²) in [5, 5.41) is 11.9. The maximum Gasteiger partial charge on any atom is 0.307 e. The van der Waals surface area contributed by atoms with Crippen molar-refractivity contribution in [3.8, 4) is 0 Å². The Hall–Kier alpha value is -1.79. The van der Waals surface area contributed by atoms with E-state index in [9.17, 15) is 14.4 Å². The van der Waals surface area contributed by atoms with E-state index >= 15 is 0 Å². The fraction of sp³-hybridized carbons (Fsp3) is 0.357. The largest absolute Gasteiger partial charge is 0.481 e. The fourth-order valence-electron chi connectivity index (χ4n) is 1.76. The molecule has 0 bridgehead atoms. The number of amides is 1. The van der Waals surface area contributed by atoms with Crippen LogP contribution in [-0.4, -0.2) is 30.1 Å². The van der Waals surface area contributed by atoms with Gasteiger partial charge in [0.2, 0.25) is 5.91 Å². The first-order valence-corrected chi connectivity index (χ1v) is 7.12. The molecule has 1 unspecified atom stereocenters. The molecule has 0 saturated heterocycles. The van der Waals surface area contributed by atoms with Crippen LogP contribution < -0.4 is 5.32 Å². The first-order valence-electron chi connectivity index (χ1n) is 6.36. The van der Waals surface area contributed by atoms with Gasteiger partial charge in [-0.15, -0.1) is 0 Å². The molecular formula is C14H15Cl2NO5. The lowest BCUT2D eigenvalue weighted by molar-refractivity contribution is -0.142. The van der Waals surface area contributed by atoms with Crippen LogP contribution in [0.5, 0.6) is 0 Å². The van der Waals surface area contributed by atoms with Crippen LogP contribution in [0.3, 0.4) is 0 Å². The lowest BCUT2D eigenvalue weighted by Crippen LogP contribution is -2.31. The van der Waals surface area contributed by atoms with Crippen LogP contribution in [0, 0.1) is 0 Å². The summed E-state index contributed by atoms with van der Waals surface area (Å²) in [5.41, 5.74) is 0.500. The van der Waals surface area contributed by atoms with Crippen molar-refractivity contribution in [2.24, 2.45) is 0 Å². The van der Waals surface area contributed by atoms with Crippen molar-refractivity contribution in [3.63, 3.8) is 0 Å². The van der Waals surface area contributed by atoms with Gasteiger partial charge in [0, 0.05) is 16.5 Å². The van der Waals surface area contributed by atoms with E-state index in [1.54, 1.807) is 12.1 Å². The van der Waals surface area contributed by atoms with Gasteiger partial charge in [0.25, 0.3) is 0 Å². The Labute approximate surface area is 137 Å². The van der Waals surface area contributed by atoms with E-state index in [4.69, 9.17) is 28.3 Å². The summed E-state index contributed by atoms with van der Waals surface area (Å²) in [6, 6.07) is 3.94. The number of aliphatic carboxylic acids is 1. The average Bonchev–Trinajstić information content (AvgIpc) is 2.44. The number of carbonyl (C=O) groups excluding carboxylic acids is 2. The maximum atomic E-state index is 11.8. The van der Waals surface area contributed by atoms with Gasteiger partial charge in [-0.25, -0.2) is 0 Å². The summed E-state index contributed by atoms with van der Waals surface area (Å²) >= 11 is 11.9. The number of carboxylic acids is 1. The quantitative estimate of drug-likeness (QED) is 0.739. The molecule has 0 fully saturated rings. The number of carboxylic acid groups (broad SMARTS) is 1. The topological polar surface area (TPSA) is 92.7 Å². The second-order valence-corrected chi connectivity index (χ2v) is 5.30. The molecule has 1 aromatic rings. The van der Waals surface area contributed by atoms with Gasteiger partial charge in [0.05, 0.1) is 26.0 Å². The molecule has 1 atom stereocenters. The van der Waals surface area contributed by atoms with Crippen molar-refractivity contribution >= 4 is 41.0 Å². The van der Waals surface area contributed by atoms with Gasteiger partial charge in [0.15, 0.2) is 0 Å². The molecule has 1 amide bonds. The molecule has 22 heavy (non-hydrogen) atoms. The number of halogens is 2. The third-order valence-electron chi connectivity index (χ3n) is 2.84. The summed E-state index contributed by atoms with van der Waals surface area (Å²) < 4.78 is 4.59. The minimum absolute atomic E-state index is 0.128. The minimum atomic E-state index is -1.08. The monoisotopic (exact) mass is 347 g/mol. The van der Waals surface area contributed by atoms with Gasteiger partial charge >= 0.3 is 11.9 Å². The molecule has 0 radical (unpaired) electrons. The molecule has 0 spiro atoms. The third-order valence-corrected chi connectivity index (χ3v) is 3.40. The van der Waals surface area contributed by atoms with Gasteiger partial charge in [-0.1, -0.05) is 29.3 Å². The van der Waals surface area contributed by atoms with Gasteiger partial charge in [-0.05, 0) is 17.7 Å². The number of benzene rings is 1. The van der Waals surface area contributed by atoms with Crippen LogP contribution in [-0.2, 0) is 19.1 Å². The second-order valence-electron chi connectivity index (χ2n) is 4.46. The maximum absolute atomic E-state index is 11.8. The van der Waals surface area contributed by atoms with Crippen LogP contribution in [0.4, 0.5) is 0 Å². The minimum Gasteiger partial charge on any atom is -0.481 e. The number of rotatable bonds is 7. The molecule has 120 valence electrons. The van der Waals surface area contributed by atoms with Crippen molar-refractivity contribution in [2.45, 2.75) is 25.3 Å². The lowest BCUT2D eigenvalue weighted by Gasteiger charge is -2.19. The number of esters is 1. The predicted molar refractivity (Wildman–Crippen MR) is 80.8 cm³/mol. The van der Waals surface area contributed by atoms with E-state index in [1.807, 2.05) is 0 Å². The average molecular weight is 348 g/mol. The number of hydrogen-bond acceptors (Lipinski definition) is 4. The highest BCUT2D eigenvalue weighted by atomic mass is 35.5. The molecule has 1 aromatic carbocycles. The van der Waals surface area contributed by atoms with E-state index in [1.165, 1.54) is 13.2 Å². The van der Waals surface area contributed by atoms with E-state index in [2.05, 4.69) is 10.1 Å². The summed E-state index contributed by atoms with van der Waals surface area (Å²) in [6.07, 6.45) is -0.625. The van der Waals surface area contributed by atoms with Crippen LogP contribution in [0.15, 0.2) is 18.2 Å². The van der Waals surface area contributed by atoms with E-state index < -0.39 is 23.9 Å². The number of hydrogen-bond donors (Lipinski definition) is 2. The SMILES string of the molecule is COC(=O)CC(NC(=O)CCC(=O)O)c1ccc(Cl)cc1Cl. The first kappa shape index (κ1) is 18.3. The number of methoxy groups -OCH3 is 1. The first-order chi connectivity index (χ1) is 10.3. The molecule has 6 nitrogen and oxygen atoms in total. The Morgan fingerprint density at radius 2 is 1.95 bits per heavy atom. The number of ether oxygens (including phenoxy) is 1. The van der Waals surface area contributed by atoms with E-state index in [-0.39, 0.29) is 19.3 Å². The molecule has 1 rings (SSSR count). The summed E-state index contributed by atoms with van der Waals surface area (Å²) in [5.74, 6) is -2.11. The van der Waals surface area contributed by atoms with Gasteiger partial charge < -0.3 is 15.2 Å². The zero-order valence-corrected chi connectivity index (χ0v) is 13.3. The van der Waals surface area contributed by atoms with Crippen molar-refractivity contribution in [3.05, 3.63) is 33.8 Å². The summed E-state index contributed by atoms with van der Waals surface area (Å²) in [6.45, 7) is 0. The summed E-state index contributed by atoms with van der Waals surface area (Å²) in [4.78, 5) is 33.8. The van der Waals surface area contributed by atoms with Crippen molar-refractivity contribution in [2.75, 3.05) is 7.11 Å². The molecule has 0 saturated carbocycles. The predicted octanol–water partition coefficient (Wildman–Crippen LogP) is 2.58. The smallest absolute Gasteiger partial charge is 0.307 e. The lowest BCUT2D eigenvalue weighted by atomic mass is 10.0. The highest BCUT2D eigenvalue weighted by molar-refractivity contribution is 6.35. The fourth-order valence-corrected chi connectivity index (χ4v) is 2.30. The molecule has 0 aliphatic rings. The van der Waals surface area contributed by atoms with Gasteiger partial charge in [0.1, 0.15) is 0 Å². The normalized spacial score (nSPS) is 11.6. The summed E-state index contributed by atoms with van der Waals surface area (Å²) in [7, 11) is 1.23. The third kappa shape index (κ3) is 5.91.